The minimum absolute atomic E-state index is 0.122. The average molecular weight is 440 g/mol. The molecule has 2 amide bonds. The number of rotatable bonds is 9. The van der Waals surface area contributed by atoms with Crippen molar-refractivity contribution < 1.29 is 19.1 Å². The van der Waals surface area contributed by atoms with Crippen LogP contribution in [-0.4, -0.2) is 51.1 Å². The van der Waals surface area contributed by atoms with E-state index >= 15 is 0 Å². The second-order valence-electron chi connectivity index (χ2n) is 6.46. The fourth-order valence-electron chi connectivity index (χ4n) is 2.74. The average Bonchev–Trinajstić information content (AvgIpc) is 2.67. The van der Waals surface area contributed by atoms with Crippen LogP contribution in [0.5, 0.6) is 11.5 Å². The van der Waals surface area contributed by atoms with E-state index in [1.54, 1.807) is 0 Å². The number of primary amides is 1. The van der Waals surface area contributed by atoms with Crippen molar-refractivity contribution in [2.45, 2.75) is 6.04 Å². The number of hydrogen-bond acceptors (Lipinski definition) is 5. The van der Waals surface area contributed by atoms with Gasteiger partial charge in [0, 0.05) is 17.1 Å². The van der Waals surface area contributed by atoms with Crippen LogP contribution in [0.4, 0.5) is 0 Å². The molecule has 0 saturated carbocycles. The van der Waals surface area contributed by atoms with Crippen molar-refractivity contribution in [3.05, 3.63) is 57.6 Å². The van der Waals surface area contributed by atoms with E-state index < -0.39 is 5.91 Å². The van der Waals surface area contributed by atoms with Crippen molar-refractivity contribution >= 4 is 35.0 Å². The maximum absolute atomic E-state index is 12.7. The van der Waals surface area contributed by atoms with Gasteiger partial charge in [-0.05, 0) is 37.9 Å². The number of amides is 2. The minimum atomic E-state index is -0.653. The minimum Gasteiger partial charge on any atom is -0.493 e. The van der Waals surface area contributed by atoms with E-state index in [9.17, 15) is 9.59 Å². The van der Waals surface area contributed by atoms with Gasteiger partial charge in [0.1, 0.15) is 0 Å². The molecule has 2 rings (SSSR count). The molecule has 9 heteroatoms. The van der Waals surface area contributed by atoms with Gasteiger partial charge >= 0.3 is 0 Å². The lowest BCUT2D eigenvalue weighted by Crippen LogP contribution is -2.34. The maximum Gasteiger partial charge on any atom is 0.255 e. The van der Waals surface area contributed by atoms with Gasteiger partial charge in [-0.1, -0.05) is 41.4 Å². The molecular formula is C20H23Cl2N3O4. The monoisotopic (exact) mass is 439 g/mol. The Morgan fingerprint density at radius 3 is 2.45 bits per heavy atom. The van der Waals surface area contributed by atoms with E-state index in [4.69, 9.17) is 38.4 Å². The third-order valence-corrected chi connectivity index (χ3v) is 4.82. The summed E-state index contributed by atoms with van der Waals surface area (Å²) in [5.74, 6) is -0.629. The molecule has 0 bridgehead atoms. The van der Waals surface area contributed by atoms with Gasteiger partial charge in [0.15, 0.2) is 18.1 Å². The highest BCUT2D eigenvalue weighted by molar-refractivity contribution is 6.32. The Morgan fingerprint density at radius 1 is 1.17 bits per heavy atom. The van der Waals surface area contributed by atoms with E-state index in [0.717, 1.165) is 5.56 Å². The fourth-order valence-corrected chi connectivity index (χ4v) is 3.27. The van der Waals surface area contributed by atoms with Gasteiger partial charge in [-0.2, -0.15) is 0 Å². The third-order valence-electron chi connectivity index (χ3n) is 4.19. The van der Waals surface area contributed by atoms with E-state index in [1.165, 1.54) is 19.2 Å². The van der Waals surface area contributed by atoms with Crippen molar-refractivity contribution in [2.24, 2.45) is 5.73 Å². The smallest absolute Gasteiger partial charge is 0.255 e. The van der Waals surface area contributed by atoms with E-state index in [2.05, 4.69) is 5.32 Å². The molecule has 2 aromatic rings. The molecule has 156 valence electrons. The lowest BCUT2D eigenvalue weighted by atomic mass is 10.1. The van der Waals surface area contributed by atoms with Crippen LogP contribution < -0.4 is 20.5 Å². The zero-order chi connectivity index (χ0) is 21.6. The molecule has 0 aliphatic heterocycles. The van der Waals surface area contributed by atoms with E-state index in [-0.39, 0.29) is 40.6 Å². The number of nitrogens with zero attached hydrogens (tertiary/aromatic N) is 1. The summed E-state index contributed by atoms with van der Waals surface area (Å²) >= 11 is 12.5. The lowest BCUT2D eigenvalue weighted by molar-refractivity contribution is -0.119. The topological polar surface area (TPSA) is 93.9 Å². The van der Waals surface area contributed by atoms with Crippen molar-refractivity contribution in [3.8, 4) is 11.5 Å². The second-order valence-corrected chi connectivity index (χ2v) is 7.27. The summed E-state index contributed by atoms with van der Waals surface area (Å²) in [6, 6.07) is 10.3. The van der Waals surface area contributed by atoms with Crippen LogP contribution in [-0.2, 0) is 4.79 Å². The summed E-state index contributed by atoms with van der Waals surface area (Å²) in [4.78, 5) is 25.6. The Kier molecular flexibility index (Phi) is 8.13. The number of methoxy groups -OCH3 is 1. The van der Waals surface area contributed by atoms with Crippen molar-refractivity contribution in [2.75, 3.05) is 34.4 Å². The number of carbonyl (C=O) groups is 2. The highest BCUT2D eigenvalue weighted by atomic mass is 35.5. The SMILES string of the molecule is COc1cc(C(=O)NCC(c2ccccc2Cl)N(C)C)cc(Cl)c1OCC(N)=O. The van der Waals surface area contributed by atoms with Gasteiger partial charge in [0.2, 0.25) is 0 Å². The third kappa shape index (κ3) is 6.00. The molecule has 0 aliphatic rings. The van der Waals surface area contributed by atoms with Crippen molar-refractivity contribution in [1.82, 2.24) is 10.2 Å². The molecule has 0 spiro atoms. The number of benzene rings is 2. The fraction of sp³-hybridized carbons (Fsp3) is 0.300. The first-order chi connectivity index (χ1) is 13.7. The van der Waals surface area contributed by atoms with E-state index in [0.29, 0.717) is 11.6 Å². The van der Waals surface area contributed by atoms with Crippen LogP contribution in [0.25, 0.3) is 0 Å². The molecule has 3 N–H and O–H groups in total. The van der Waals surface area contributed by atoms with Crippen LogP contribution in [0.2, 0.25) is 10.0 Å². The first-order valence-electron chi connectivity index (χ1n) is 8.72. The molecule has 0 fully saturated rings. The maximum atomic E-state index is 12.7. The number of likely N-dealkylation sites (N-methyl/N-ethyl adjacent to an activating group) is 1. The molecule has 1 unspecified atom stereocenters. The van der Waals surface area contributed by atoms with Crippen LogP contribution >= 0.6 is 23.2 Å². The van der Waals surface area contributed by atoms with E-state index in [1.807, 2.05) is 43.3 Å². The largest absolute Gasteiger partial charge is 0.493 e. The molecule has 2 aromatic carbocycles. The van der Waals surface area contributed by atoms with Crippen LogP contribution in [0.1, 0.15) is 22.0 Å². The number of ether oxygens (including phenoxy) is 2. The summed E-state index contributed by atoms with van der Waals surface area (Å²) in [5.41, 5.74) is 6.28. The second kappa shape index (κ2) is 10.3. The quantitative estimate of drug-likeness (QED) is 0.626. The normalized spacial score (nSPS) is 11.8. The predicted octanol–water partition coefficient (Wildman–Crippen LogP) is 2.90. The van der Waals surface area contributed by atoms with Gasteiger partial charge in [-0.3, -0.25) is 9.59 Å². The van der Waals surface area contributed by atoms with Gasteiger partial charge in [-0.25, -0.2) is 0 Å². The Morgan fingerprint density at radius 2 is 1.86 bits per heavy atom. The van der Waals surface area contributed by atoms with Crippen LogP contribution in [0, 0.1) is 0 Å². The van der Waals surface area contributed by atoms with Gasteiger partial charge in [0.05, 0.1) is 18.2 Å². The predicted molar refractivity (Wildman–Crippen MR) is 113 cm³/mol. The highest BCUT2D eigenvalue weighted by Gasteiger charge is 2.20. The molecule has 0 aromatic heterocycles. The molecule has 0 heterocycles. The van der Waals surface area contributed by atoms with Crippen molar-refractivity contribution in [1.29, 1.82) is 0 Å². The summed E-state index contributed by atoms with van der Waals surface area (Å²) < 4.78 is 10.5. The van der Waals surface area contributed by atoms with Crippen molar-refractivity contribution in [3.63, 3.8) is 0 Å². The molecule has 7 nitrogen and oxygen atoms in total. The molecule has 0 aliphatic carbocycles. The summed E-state index contributed by atoms with van der Waals surface area (Å²) in [7, 11) is 5.22. The first-order valence-corrected chi connectivity index (χ1v) is 9.47. The Labute approximate surface area is 179 Å². The van der Waals surface area contributed by atoms with Gasteiger partial charge in [-0.15, -0.1) is 0 Å². The lowest BCUT2D eigenvalue weighted by Gasteiger charge is -2.26. The number of nitrogens with one attached hydrogen (secondary N) is 1. The summed E-state index contributed by atoms with van der Waals surface area (Å²) in [6.45, 7) is -0.0284. The first kappa shape index (κ1) is 22.8. The number of halogens is 2. The Hall–Kier alpha value is -2.48. The molecule has 0 radical (unpaired) electrons. The molecular weight excluding hydrogens is 417 g/mol. The number of carbonyl (C=O) groups excluding carboxylic acids is 2. The Balaban J connectivity index is 2.18. The summed E-state index contributed by atoms with van der Waals surface area (Å²) in [5, 5.41) is 3.64. The standard InChI is InChI=1S/C20H23Cl2N3O4/c1-25(2)16(13-6-4-5-7-14(13)21)10-24-20(27)12-8-15(22)19(17(9-12)28-3)29-11-18(23)26/h4-9,16H,10-11H2,1-3H3,(H2,23,26)(H,24,27). The number of nitrogens with two attached hydrogens (primary N) is 1. The number of hydrogen-bond donors (Lipinski definition) is 2. The highest BCUT2D eigenvalue weighted by Crippen LogP contribution is 2.36. The molecule has 0 saturated heterocycles. The molecule has 29 heavy (non-hydrogen) atoms. The molecule has 1 atom stereocenters. The van der Waals surface area contributed by atoms with Crippen LogP contribution in [0.15, 0.2) is 36.4 Å². The zero-order valence-corrected chi connectivity index (χ0v) is 17.9. The Bertz CT molecular complexity index is 890. The van der Waals surface area contributed by atoms with Gasteiger partial charge in [0.25, 0.3) is 11.8 Å². The van der Waals surface area contributed by atoms with Gasteiger partial charge < -0.3 is 25.4 Å². The summed E-state index contributed by atoms with van der Waals surface area (Å²) in [6.07, 6.45) is 0. The van der Waals surface area contributed by atoms with Crippen LogP contribution in [0.3, 0.4) is 0 Å². The zero-order valence-electron chi connectivity index (χ0n) is 16.4.